The van der Waals surface area contributed by atoms with Crippen molar-refractivity contribution in [1.29, 1.82) is 0 Å². The van der Waals surface area contributed by atoms with Crippen LogP contribution < -0.4 is 5.32 Å². The summed E-state index contributed by atoms with van der Waals surface area (Å²) in [5.41, 5.74) is 1.03. The number of carboxylic acid groups (broad SMARTS) is 1. The molecule has 2 N–H and O–H groups in total. The Kier molecular flexibility index (Phi) is 5.00. The second-order valence-corrected chi connectivity index (χ2v) is 5.80. The van der Waals surface area contributed by atoms with E-state index in [1.165, 1.54) is 0 Å². The summed E-state index contributed by atoms with van der Waals surface area (Å²) in [6.07, 6.45) is 1.06. The predicted octanol–water partition coefficient (Wildman–Crippen LogP) is 2.46. The molecule has 0 saturated carbocycles. The second kappa shape index (κ2) is 6.74. The van der Waals surface area contributed by atoms with E-state index < -0.39 is 5.97 Å². The van der Waals surface area contributed by atoms with Crippen LogP contribution in [-0.2, 0) is 11.3 Å². The number of nitrogens with one attached hydrogen (secondary N) is 1. The van der Waals surface area contributed by atoms with Gasteiger partial charge < -0.3 is 15.3 Å². The molecule has 1 heterocycles. The van der Waals surface area contributed by atoms with Crippen molar-refractivity contribution in [1.82, 2.24) is 10.2 Å². The lowest BCUT2D eigenvalue weighted by molar-refractivity contribution is -0.143. The van der Waals surface area contributed by atoms with Gasteiger partial charge in [0.1, 0.15) is 0 Å². The molecule has 2 rings (SSSR count). The van der Waals surface area contributed by atoms with E-state index in [4.69, 9.17) is 5.11 Å². The molecule has 0 aromatic heterocycles. The van der Waals surface area contributed by atoms with E-state index in [1.807, 2.05) is 24.3 Å². The van der Waals surface area contributed by atoms with Crippen LogP contribution in [0.1, 0.15) is 18.4 Å². The number of piperidine rings is 1. The number of hydrogen-bond acceptors (Lipinski definition) is 2. The van der Waals surface area contributed by atoms with Crippen molar-refractivity contribution in [2.75, 3.05) is 13.1 Å². The third kappa shape index (κ3) is 3.96. The summed E-state index contributed by atoms with van der Waals surface area (Å²) >= 11 is 3.36. The van der Waals surface area contributed by atoms with Crippen LogP contribution in [0.5, 0.6) is 0 Å². The molecule has 2 amide bonds. The number of hydrogen-bond donors (Lipinski definition) is 2. The third-order valence-corrected chi connectivity index (χ3v) is 4.02. The first-order valence-corrected chi connectivity index (χ1v) is 7.35. The normalized spacial score (nSPS) is 15.9. The minimum atomic E-state index is -0.764. The molecule has 1 aliphatic heterocycles. The number of urea groups is 1. The van der Waals surface area contributed by atoms with Crippen molar-refractivity contribution >= 4 is 27.9 Å². The molecule has 20 heavy (non-hydrogen) atoms. The zero-order valence-electron chi connectivity index (χ0n) is 11.0. The van der Waals surface area contributed by atoms with Crippen LogP contribution in [0.3, 0.4) is 0 Å². The Morgan fingerprint density at radius 2 is 1.85 bits per heavy atom. The van der Waals surface area contributed by atoms with E-state index in [2.05, 4.69) is 21.2 Å². The number of benzene rings is 1. The molecule has 1 fully saturated rings. The van der Waals surface area contributed by atoms with Gasteiger partial charge in [0.25, 0.3) is 0 Å². The van der Waals surface area contributed by atoms with E-state index in [1.54, 1.807) is 4.90 Å². The van der Waals surface area contributed by atoms with Crippen LogP contribution in [0.25, 0.3) is 0 Å². The fourth-order valence-corrected chi connectivity index (χ4v) is 2.49. The van der Waals surface area contributed by atoms with Crippen molar-refractivity contribution in [3.05, 3.63) is 34.3 Å². The van der Waals surface area contributed by atoms with E-state index >= 15 is 0 Å². The Morgan fingerprint density at radius 3 is 2.40 bits per heavy atom. The maximum atomic E-state index is 12.0. The fourth-order valence-electron chi connectivity index (χ4n) is 2.22. The van der Waals surface area contributed by atoms with E-state index in [0.717, 1.165) is 10.0 Å². The highest BCUT2D eigenvalue weighted by atomic mass is 79.9. The van der Waals surface area contributed by atoms with Gasteiger partial charge in [-0.25, -0.2) is 4.79 Å². The zero-order valence-corrected chi connectivity index (χ0v) is 12.6. The summed E-state index contributed by atoms with van der Waals surface area (Å²) in [6, 6.07) is 7.62. The van der Waals surface area contributed by atoms with Crippen molar-refractivity contribution in [3.8, 4) is 0 Å². The van der Waals surface area contributed by atoms with Crippen LogP contribution in [0.2, 0.25) is 0 Å². The molecule has 0 radical (unpaired) electrons. The predicted molar refractivity (Wildman–Crippen MR) is 78.3 cm³/mol. The first kappa shape index (κ1) is 14.8. The lowest BCUT2D eigenvalue weighted by Gasteiger charge is -2.30. The van der Waals surface area contributed by atoms with Crippen molar-refractivity contribution < 1.29 is 14.7 Å². The second-order valence-electron chi connectivity index (χ2n) is 4.88. The van der Waals surface area contributed by atoms with Crippen LogP contribution in [0.4, 0.5) is 4.79 Å². The van der Waals surface area contributed by atoms with Gasteiger partial charge in [0.2, 0.25) is 0 Å². The highest BCUT2D eigenvalue weighted by molar-refractivity contribution is 9.10. The molecule has 6 heteroatoms. The number of carbonyl (C=O) groups is 2. The van der Waals surface area contributed by atoms with Crippen LogP contribution in [0, 0.1) is 5.92 Å². The van der Waals surface area contributed by atoms with Gasteiger partial charge >= 0.3 is 12.0 Å². The molecule has 0 unspecified atom stereocenters. The molecule has 0 atom stereocenters. The average Bonchev–Trinajstić information content (AvgIpc) is 2.46. The molecule has 1 aromatic rings. The molecule has 108 valence electrons. The number of amides is 2. The van der Waals surface area contributed by atoms with Crippen molar-refractivity contribution in [2.24, 2.45) is 5.92 Å². The number of carboxylic acids is 1. The van der Waals surface area contributed by atoms with Crippen molar-refractivity contribution in [2.45, 2.75) is 19.4 Å². The Labute approximate surface area is 126 Å². The Bertz CT molecular complexity index is 482. The highest BCUT2D eigenvalue weighted by Crippen LogP contribution is 2.17. The van der Waals surface area contributed by atoms with Crippen LogP contribution in [0.15, 0.2) is 28.7 Å². The monoisotopic (exact) mass is 340 g/mol. The largest absolute Gasteiger partial charge is 0.481 e. The SMILES string of the molecule is O=C(O)C1CCN(C(=O)NCc2ccc(Br)cc2)CC1. The van der Waals surface area contributed by atoms with E-state index in [-0.39, 0.29) is 11.9 Å². The summed E-state index contributed by atoms with van der Waals surface area (Å²) in [6.45, 7) is 1.48. The standard InChI is InChI=1S/C14H17BrN2O3/c15-12-3-1-10(2-4-12)9-16-14(20)17-7-5-11(6-8-17)13(18)19/h1-4,11H,5-9H2,(H,16,20)(H,18,19). The van der Waals surface area contributed by atoms with E-state index in [0.29, 0.717) is 32.5 Å². The number of halogens is 1. The van der Waals surface area contributed by atoms with Gasteiger partial charge in [0, 0.05) is 24.1 Å². The van der Waals surface area contributed by atoms with Gasteiger partial charge in [0.05, 0.1) is 5.92 Å². The van der Waals surface area contributed by atoms with Gasteiger partial charge in [-0.05, 0) is 30.5 Å². The maximum absolute atomic E-state index is 12.0. The summed E-state index contributed by atoms with van der Waals surface area (Å²) in [5.74, 6) is -1.08. The molecular formula is C14H17BrN2O3. The highest BCUT2D eigenvalue weighted by Gasteiger charge is 2.26. The Hall–Kier alpha value is -1.56. The number of carbonyl (C=O) groups excluding carboxylic acids is 1. The first-order chi connectivity index (χ1) is 9.56. The molecule has 0 spiro atoms. The van der Waals surface area contributed by atoms with Gasteiger partial charge in [-0.15, -0.1) is 0 Å². The van der Waals surface area contributed by atoms with Crippen LogP contribution in [-0.4, -0.2) is 35.1 Å². The quantitative estimate of drug-likeness (QED) is 0.887. The summed E-state index contributed by atoms with van der Waals surface area (Å²) in [7, 11) is 0. The molecule has 1 aromatic carbocycles. The molecule has 5 nitrogen and oxygen atoms in total. The van der Waals surface area contributed by atoms with Gasteiger partial charge in [-0.2, -0.15) is 0 Å². The molecule has 1 aliphatic rings. The molecule has 0 aliphatic carbocycles. The Morgan fingerprint density at radius 1 is 1.25 bits per heavy atom. The van der Waals surface area contributed by atoms with Crippen molar-refractivity contribution in [3.63, 3.8) is 0 Å². The zero-order chi connectivity index (χ0) is 14.5. The minimum absolute atomic E-state index is 0.128. The minimum Gasteiger partial charge on any atom is -0.481 e. The number of likely N-dealkylation sites (tertiary alicyclic amines) is 1. The molecular weight excluding hydrogens is 324 g/mol. The fraction of sp³-hybridized carbons (Fsp3) is 0.429. The topological polar surface area (TPSA) is 69.6 Å². The van der Waals surface area contributed by atoms with Gasteiger partial charge in [-0.3, -0.25) is 4.79 Å². The average molecular weight is 341 g/mol. The Balaban J connectivity index is 1.78. The lowest BCUT2D eigenvalue weighted by atomic mass is 9.97. The molecule has 1 saturated heterocycles. The smallest absolute Gasteiger partial charge is 0.317 e. The summed E-state index contributed by atoms with van der Waals surface area (Å²) < 4.78 is 1.00. The molecule has 0 bridgehead atoms. The maximum Gasteiger partial charge on any atom is 0.317 e. The summed E-state index contributed by atoms with van der Waals surface area (Å²) in [5, 5.41) is 11.8. The lowest BCUT2D eigenvalue weighted by Crippen LogP contribution is -2.45. The number of rotatable bonds is 3. The van der Waals surface area contributed by atoms with Gasteiger partial charge in [0.15, 0.2) is 0 Å². The third-order valence-electron chi connectivity index (χ3n) is 3.49. The summed E-state index contributed by atoms with van der Waals surface area (Å²) in [4.78, 5) is 24.5. The van der Waals surface area contributed by atoms with Crippen LogP contribution >= 0.6 is 15.9 Å². The number of aliphatic carboxylic acids is 1. The first-order valence-electron chi connectivity index (χ1n) is 6.56. The van der Waals surface area contributed by atoms with Gasteiger partial charge in [-0.1, -0.05) is 28.1 Å². The number of nitrogens with zero attached hydrogens (tertiary/aromatic N) is 1. The van der Waals surface area contributed by atoms with E-state index in [9.17, 15) is 9.59 Å².